The van der Waals surface area contributed by atoms with Gasteiger partial charge in [-0.15, -0.1) is 0 Å². The van der Waals surface area contributed by atoms with Gasteiger partial charge in [0.1, 0.15) is 12.7 Å². The molecular weight excluding hydrogens is 505 g/mol. The molecule has 0 spiro atoms. The van der Waals surface area contributed by atoms with E-state index in [4.69, 9.17) is 19.4 Å². The van der Waals surface area contributed by atoms with Crippen LogP contribution in [0.1, 0.15) is 69.8 Å². The van der Waals surface area contributed by atoms with E-state index in [1.165, 1.54) is 60.9 Å². The topological polar surface area (TPSA) is 0 Å². The van der Waals surface area contributed by atoms with Crippen molar-refractivity contribution in [3.05, 3.63) is 35.9 Å². The van der Waals surface area contributed by atoms with Gasteiger partial charge in [-0.1, -0.05) is 12.8 Å². The molecule has 0 aliphatic heterocycles. The summed E-state index contributed by atoms with van der Waals surface area (Å²) in [7, 11) is 18.4. The Morgan fingerprint density at radius 3 is 1.76 bits per heavy atom. The second kappa shape index (κ2) is 14.0. The van der Waals surface area contributed by atoms with Gasteiger partial charge in [-0.05, 0) is 51.4 Å². The summed E-state index contributed by atoms with van der Waals surface area (Å²) in [5.74, 6) is 0. The summed E-state index contributed by atoms with van der Waals surface area (Å²) in [5, 5.41) is 0. The van der Waals surface area contributed by atoms with E-state index in [9.17, 15) is 0 Å². The number of halogens is 2. The Kier molecular flexibility index (Phi) is 12.5. The van der Waals surface area contributed by atoms with E-state index >= 15 is 0 Å². The summed E-state index contributed by atoms with van der Waals surface area (Å²) in [5.41, 5.74) is 3.47. The summed E-state index contributed by atoms with van der Waals surface area (Å²) >= 11 is -1.61. The van der Waals surface area contributed by atoms with Crippen LogP contribution in [0.5, 0.6) is 0 Å². The molecule has 3 rings (SSSR count). The van der Waals surface area contributed by atoms with Crippen LogP contribution in [-0.2, 0) is 13.5 Å². The molecule has 29 heavy (non-hydrogen) atoms. The normalized spacial score (nSPS) is 19.4. The third kappa shape index (κ3) is 11.2. The molecule has 0 radical (unpaired) electrons. The van der Waals surface area contributed by atoms with Crippen molar-refractivity contribution in [3.63, 3.8) is 0 Å². The van der Waals surface area contributed by atoms with Crippen molar-refractivity contribution < 1.29 is 18.0 Å². The summed E-state index contributed by atoms with van der Waals surface area (Å²) in [6, 6.07) is 9.89. The fraction of sp³-hybridized carbons (Fsp3) is 0.708. The first-order valence-electron chi connectivity index (χ1n) is 11.4. The van der Waals surface area contributed by atoms with Crippen molar-refractivity contribution in [2.45, 2.75) is 75.5 Å². The molecule has 0 aromatic heterocycles. The zero-order chi connectivity index (χ0) is 21.1. The Balaban J connectivity index is 0.000000253. The Hall–Kier alpha value is 0.683. The van der Waals surface area contributed by atoms with Crippen LogP contribution in [0.2, 0.25) is 0 Å². The van der Waals surface area contributed by atoms with Gasteiger partial charge >= 0.3 is 73.4 Å². The van der Waals surface area contributed by atoms with Gasteiger partial charge < -0.3 is 4.48 Å². The Bertz CT molecular complexity index is 569. The molecule has 0 atom stereocenters. The molecule has 168 valence electrons. The zero-order valence-electron chi connectivity index (χ0n) is 18.7. The van der Waals surface area contributed by atoms with Crippen molar-refractivity contribution in [3.8, 4) is 0 Å². The van der Waals surface area contributed by atoms with E-state index in [1.54, 1.807) is 31.8 Å². The molecule has 2 aliphatic rings. The molecule has 0 bridgehead atoms. The first kappa shape index (κ1) is 25.9. The molecule has 0 unspecified atom stereocenters. The molecule has 1 aromatic carbocycles. The van der Waals surface area contributed by atoms with Crippen LogP contribution in [0.4, 0.5) is 0 Å². The SMILES string of the molecule is C[N+](C)(C)CC[PH+](C1CCCCC1)C1CCCCC1.[Cl][Ru]([Cl])=[CH]c1ccccc1. The standard InChI is InChI=1S/C17H35NP.C7H6.2ClH.Ru/c1-18(2,3)14-15-19(16-10-6-4-7-11-16)17-12-8-5-9-13-17;1-7-5-3-2-4-6-7;;;/h16-17H,4-15H2,1-3H3;1-6H;2*1H;/q+1;;;;+2/p-1. The average molecular weight is 548 g/mol. The Morgan fingerprint density at radius 2 is 1.34 bits per heavy atom. The molecule has 1 aromatic rings. The van der Waals surface area contributed by atoms with Crippen LogP contribution in [0, 0.1) is 0 Å². The summed E-state index contributed by atoms with van der Waals surface area (Å²) in [4.78, 5) is 0. The zero-order valence-corrected chi connectivity index (χ0v) is 22.9. The molecule has 1 nitrogen and oxygen atoms in total. The quantitative estimate of drug-likeness (QED) is 0.199. The molecule has 0 amide bonds. The van der Waals surface area contributed by atoms with Crippen molar-refractivity contribution >= 4 is 31.9 Å². The summed E-state index contributed by atoms with van der Waals surface area (Å²) < 4.78 is 3.10. The first-order valence-corrected chi connectivity index (χ1v) is 18.7. The van der Waals surface area contributed by atoms with Gasteiger partial charge in [0, 0.05) is 7.92 Å². The fourth-order valence-corrected chi connectivity index (χ4v) is 11.3. The van der Waals surface area contributed by atoms with E-state index in [2.05, 4.69) is 21.1 Å². The van der Waals surface area contributed by atoms with E-state index in [1.807, 2.05) is 34.9 Å². The van der Waals surface area contributed by atoms with Gasteiger partial charge in [0.25, 0.3) is 0 Å². The summed E-state index contributed by atoms with van der Waals surface area (Å²) in [6.07, 6.45) is 17.1. The van der Waals surface area contributed by atoms with E-state index in [0.717, 1.165) is 5.56 Å². The third-order valence-corrected chi connectivity index (χ3v) is 12.2. The molecule has 5 heteroatoms. The van der Waals surface area contributed by atoms with Crippen LogP contribution in [0.3, 0.4) is 0 Å². The van der Waals surface area contributed by atoms with Crippen LogP contribution in [0.15, 0.2) is 30.3 Å². The first-order chi connectivity index (χ1) is 13.8. The van der Waals surface area contributed by atoms with E-state index < -0.39 is 13.5 Å². The van der Waals surface area contributed by atoms with Crippen LogP contribution in [-0.4, -0.2) is 54.3 Å². The summed E-state index contributed by atoms with van der Waals surface area (Å²) in [6.45, 7) is 1.42. The molecule has 2 fully saturated rings. The minimum atomic E-state index is -1.61. The molecule has 0 saturated heterocycles. The van der Waals surface area contributed by atoms with Gasteiger partial charge in [-0.25, -0.2) is 0 Å². The van der Waals surface area contributed by atoms with Gasteiger partial charge in [-0.3, -0.25) is 0 Å². The number of quaternary nitrogens is 1. The molecule has 0 heterocycles. The van der Waals surface area contributed by atoms with E-state index in [0.29, 0.717) is 0 Å². The monoisotopic (exact) mass is 547 g/mol. The fourth-order valence-electron chi connectivity index (χ4n) is 4.76. The number of nitrogens with zero attached hydrogens (tertiary/aromatic N) is 1. The van der Waals surface area contributed by atoms with Crippen LogP contribution >= 0.6 is 27.3 Å². The maximum atomic E-state index is 5.67. The maximum absolute atomic E-state index is 5.67. The van der Waals surface area contributed by atoms with Gasteiger partial charge in [-0.2, -0.15) is 0 Å². The average Bonchev–Trinajstić information content (AvgIpc) is 2.70. The Morgan fingerprint density at radius 1 is 0.862 bits per heavy atom. The second-order valence-electron chi connectivity index (χ2n) is 9.73. The van der Waals surface area contributed by atoms with Crippen molar-refractivity contribution in [2.24, 2.45) is 0 Å². The van der Waals surface area contributed by atoms with E-state index in [-0.39, 0.29) is 7.92 Å². The predicted molar refractivity (Wildman–Crippen MR) is 133 cm³/mol. The molecule has 0 N–H and O–H groups in total. The van der Waals surface area contributed by atoms with Gasteiger partial charge in [0.05, 0.1) is 32.5 Å². The second-order valence-corrected chi connectivity index (χ2v) is 18.7. The van der Waals surface area contributed by atoms with Gasteiger partial charge in [0.2, 0.25) is 0 Å². The predicted octanol–water partition coefficient (Wildman–Crippen LogP) is 7.33. The Labute approximate surface area is 194 Å². The molecule has 2 saturated carbocycles. The van der Waals surface area contributed by atoms with Crippen molar-refractivity contribution in [1.82, 2.24) is 0 Å². The third-order valence-electron chi connectivity index (χ3n) is 6.32. The molecular formula is C24H42Cl2NPRu+2. The van der Waals surface area contributed by atoms with Crippen molar-refractivity contribution in [2.75, 3.05) is 33.8 Å². The van der Waals surface area contributed by atoms with Gasteiger partial charge in [0.15, 0.2) is 0 Å². The van der Waals surface area contributed by atoms with Crippen molar-refractivity contribution in [1.29, 1.82) is 0 Å². The number of rotatable bonds is 6. The minimum absolute atomic E-state index is 0.0944. The van der Waals surface area contributed by atoms with Crippen LogP contribution in [0.25, 0.3) is 0 Å². The molecule has 2 aliphatic carbocycles. The van der Waals surface area contributed by atoms with Crippen LogP contribution < -0.4 is 0 Å². The number of hydrogen-bond donors (Lipinski definition) is 0. The number of benzene rings is 1. The number of hydrogen-bond acceptors (Lipinski definition) is 0.